The number of esters is 1. The highest BCUT2D eigenvalue weighted by Gasteiger charge is 2.46. The third-order valence-corrected chi connectivity index (χ3v) is 20.1. The summed E-state index contributed by atoms with van der Waals surface area (Å²) in [6.45, 7) is 31.0. The van der Waals surface area contributed by atoms with E-state index in [1.165, 1.54) is 87.6 Å². The molecule has 0 aliphatic heterocycles. The van der Waals surface area contributed by atoms with E-state index in [0.29, 0.717) is 12.8 Å². The van der Waals surface area contributed by atoms with Crippen molar-refractivity contribution in [3.8, 4) is 11.1 Å². The van der Waals surface area contributed by atoms with Crippen LogP contribution in [0.2, 0.25) is 0 Å². The molecule has 27 nitrogen and oxygen atoms in total. The van der Waals surface area contributed by atoms with Gasteiger partial charge in [-0.2, -0.15) is 0 Å². The molecule has 3 rings (SSSR count). The monoisotopic (exact) mass is 1490 g/mol. The average molecular weight is 1490 g/mol. The number of nitrogens with one attached hydrogen (secondary N) is 5. The Morgan fingerprint density at radius 2 is 0.896 bits per heavy atom. The Hall–Kier alpha value is -8.46. The van der Waals surface area contributed by atoms with Crippen LogP contribution in [-0.4, -0.2) is 245 Å². The summed E-state index contributed by atoms with van der Waals surface area (Å²) in [5.74, 6) is -10.6. The number of nitrogens with zero attached hydrogens (tertiary/aromatic N) is 6. The summed E-state index contributed by atoms with van der Waals surface area (Å²) in [6.07, 6.45) is 1.10. The van der Waals surface area contributed by atoms with Crippen LogP contribution in [-0.2, 0) is 62.2 Å². The summed E-state index contributed by atoms with van der Waals surface area (Å²) in [5, 5.41) is 35.8. The lowest BCUT2D eigenvalue weighted by Gasteiger charge is -2.40. The summed E-state index contributed by atoms with van der Waals surface area (Å²) >= 11 is 0. The van der Waals surface area contributed by atoms with Gasteiger partial charge in [0.05, 0.1) is 19.3 Å². The fourth-order valence-corrected chi connectivity index (χ4v) is 13.5. The van der Waals surface area contributed by atoms with E-state index in [-0.39, 0.29) is 61.9 Å². The highest BCUT2D eigenvalue weighted by atomic mass is 16.6. The zero-order valence-corrected chi connectivity index (χ0v) is 67.6. The molecule has 0 saturated heterocycles. The largest absolute Gasteiger partial charge is 0.467 e. The standard InChI is InChI=1S/C79H127N11O16/c1-26-28-33-49(14)67(92)66(72(97)84-63(53(18)91)78(103)105-25)90(24)77(102)64(47(11)12)88(22)76(101)60(39-44(5)6)82-70(95)62(41-46(9)10)86(20)73(98)51(16)81-68(93)50(15)80-69(94)61(40-45(7)8)87(21)75(100)59(38-43(3)4)83-71(96)65(48(13)27-2)89(23)74(99)52(17)85(19)79(104)106-42-58-56-36-31-29-34-54(56)55-35-30-32-37-57(55)58/h26,28-32,34-37,43-53,58-67,91-92H,27,33,38-42H2,1-25H3,(H,80,94)(H,81,93)(H,82,95)(H,83,96)(H,84,97)/b28-26+/t48?,49-,50+,51-,52-,53-,59+,60+,61+,62+,63+,64+,65+,66+,67-/m1/s1. The van der Waals surface area contributed by atoms with Gasteiger partial charge in [-0.25, -0.2) is 9.59 Å². The number of fused-ring (bicyclic) bond motifs is 3. The Labute approximate surface area is 629 Å². The van der Waals surface area contributed by atoms with Crippen LogP contribution in [0.4, 0.5) is 4.79 Å². The fourth-order valence-electron chi connectivity index (χ4n) is 13.5. The van der Waals surface area contributed by atoms with Gasteiger partial charge in [-0.05, 0) is 130 Å². The van der Waals surface area contributed by atoms with Gasteiger partial charge in [0.1, 0.15) is 67.0 Å². The molecule has 0 radical (unpaired) electrons. The molecule has 15 atom stereocenters. The molecule has 106 heavy (non-hydrogen) atoms. The summed E-state index contributed by atoms with van der Waals surface area (Å²) in [4.78, 5) is 179. The second-order valence-electron chi connectivity index (χ2n) is 31.0. The molecule has 11 amide bonds. The number of hydrogen-bond acceptors (Lipinski definition) is 16. The number of amides is 11. The minimum atomic E-state index is -1.64. The van der Waals surface area contributed by atoms with Crippen LogP contribution in [0.25, 0.3) is 11.1 Å². The number of methoxy groups -OCH3 is 1. The number of likely N-dealkylation sites (N-methyl/N-ethyl adjacent to an activating group) is 6. The second kappa shape index (κ2) is 42.2. The van der Waals surface area contributed by atoms with Crippen LogP contribution in [0.3, 0.4) is 0 Å². The first-order chi connectivity index (χ1) is 49.4. The molecular formula is C79H127N11O16. The Bertz CT molecular complexity index is 3310. The second-order valence-corrected chi connectivity index (χ2v) is 31.0. The Morgan fingerprint density at radius 1 is 0.472 bits per heavy atom. The predicted octanol–water partition coefficient (Wildman–Crippen LogP) is 6.26. The van der Waals surface area contributed by atoms with Crippen molar-refractivity contribution >= 4 is 71.1 Å². The first kappa shape index (κ1) is 91.7. The SMILES string of the molecule is C/C=C/C[C@@H](C)[C@@H](O)[C@@H](C(=O)N[C@H](C(=O)OC)[C@@H](C)O)N(C)C(=O)[C@H](C(C)C)N(C)C(=O)[C@H](CC(C)C)NC(=O)[C@H](CC(C)C)N(C)C(=O)[C@@H](C)NC(=O)[C@H](C)NC(=O)[C@H](CC(C)C)N(C)C(=O)[C@H](CC(C)C)NC(=O)[C@H](C(C)CC)N(C)C(=O)[C@@H](C)N(C)C(=O)OCC1c2ccccc2-c2ccccc21. The van der Waals surface area contributed by atoms with E-state index in [4.69, 9.17) is 9.47 Å². The minimum Gasteiger partial charge on any atom is -0.467 e. The Balaban J connectivity index is 1.83. The minimum absolute atomic E-state index is 0.0340. The van der Waals surface area contributed by atoms with Gasteiger partial charge in [-0.1, -0.05) is 157 Å². The number of aliphatic hydroxyl groups excluding tert-OH is 2. The van der Waals surface area contributed by atoms with Crippen molar-refractivity contribution in [1.82, 2.24) is 56.0 Å². The number of ether oxygens (including phenoxy) is 2. The topological polar surface area (TPSA) is 343 Å². The predicted molar refractivity (Wildman–Crippen MR) is 406 cm³/mol. The molecule has 1 aliphatic rings. The van der Waals surface area contributed by atoms with Gasteiger partial charge < -0.3 is 70.8 Å². The Kier molecular flexibility index (Phi) is 36.5. The fraction of sp³-hybridized carbons (Fsp3) is 0.671. The quantitative estimate of drug-likeness (QED) is 0.0286. The molecule has 2 aromatic carbocycles. The van der Waals surface area contributed by atoms with Gasteiger partial charge >= 0.3 is 12.1 Å². The molecule has 0 heterocycles. The zero-order chi connectivity index (χ0) is 80.8. The van der Waals surface area contributed by atoms with Crippen LogP contribution < -0.4 is 26.6 Å². The van der Waals surface area contributed by atoms with Gasteiger partial charge in [-0.15, -0.1) is 0 Å². The zero-order valence-electron chi connectivity index (χ0n) is 67.6. The molecule has 7 N–H and O–H groups in total. The molecule has 1 aliphatic carbocycles. The number of benzene rings is 2. The number of allylic oxidation sites excluding steroid dienone is 2. The van der Waals surface area contributed by atoms with E-state index in [1.807, 2.05) is 118 Å². The first-order valence-electron chi connectivity index (χ1n) is 37.4. The van der Waals surface area contributed by atoms with E-state index in [2.05, 4.69) is 26.6 Å². The lowest BCUT2D eigenvalue weighted by Crippen LogP contribution is -2.63. The molecule has 0 aromatic heterocycles. The van der Waals surface area contributed by atoms with Crippen molar-refractivity contribution in [3.63, 3.8) is 0 Å². The molecule has 1 unspecified atom stereocenters. The summed E-state index contributed by atoms with van der Waals surface area (Å²) < 4.78 is 10.7. The maximum atomic E-state index is 14.9. The highest BCUT2D eigenvalue weighted by molar-refractivity contribution is 5.99. The number of carbonyl (C=O) groups excluding carboxylic acids is 12. The van der Waals surface area contributed by atoms with Gasteiger partial charge in [0.15, 0.2) is 6.04 Å². The molecule has 0 spiro atoms. The molecular weight excluding hydrogens is 1360 g/mol. The van der Waals surface area contributed by atoms with Crippen LogP contribution in [0.1, 0.15) is 180 Å². The van der Waals surface area contributed by atoms with E-state index in [9.17, 15) is 67.7 Å². The summed E-state index contributed by atoms with van der Waals surface area (Å²) in [6, 6.07) is 1.87. The van der Waals surface area contributed by atoms with Crippen LogP contribution in [0.15, 0.2) is 60.7 Å². The van der Waals surface area contributed by atoms with E-state index in [1.54, 1.807) is 46.8 Å². The highest BCUT2D eigenvalue weighted by Crippen LogP contribution is 2.44. The van der Waals surface area contributed by atoms with Gasteiger partial charge in [0.2, 0.25) is 59.1 Å². The molecule has 0 bridgehead atoms. The number of carbonyl (C=O) groups is 12. The number of aliphatic hydroxyl groups is 2. The van der Waals surface area contributed by atoms with E-state index >= 15 is 0 Å². The van der Waals surface area contributed by atoms with E-state index in [0.717, 1.165) is 34.3 Å². The summed E-state index contributed by atoms with van der Waals surface area (Å²) in [5.41, 5.74) is 4.19. The molecule has 0 saturated carbocycles. The maximum Gasteiger partial charge on any atom is 0.410 e. The van der Waals surface area contributed by atoms with Crippen LogP contribution >= 0.6 is 0 Å². The number of rotatable bonds is 40. The molecule has 27 heteroatoms. The van der Waals surface area contributed by atoms with Crippen LogP contribution in [0, 0.1) is 41.4 Å². The smallest absolute Gasteiger partial charge is 0.410 e. The third-order valence-electron chi connectivity index (χ3n) is 20.1. The molecule has 2 aromatic rings. The lowest BCUT2D eigenvalue weighted by molar-refractivity contribution is -0.156. The maximum absolute atomic E-state index is 14.9. The lowest BCUT2D eigenvalue weighted by atomic mass is 9.91. The van der Waals surface area contributed by atoms with Crippen LogP contribution in [0.5, 0.6) is 0 Å². The van der Waals surface area contributed by atoms with Crippen molar-refractivity contribution in [1.29, 1.82) is 0 Å². The molecule has 0 fully saturated rings. The molecule has 594 valence electrons. The summed E-state index contributed by atoms with van der Waals surface area (Å²) in [7, 11) is 9.54. The number of hydrogen-bond donors (Lipinski definition) is 7. The van der Waals surface area contributed by atoms with Gasteiger partial charge in [0.25, 0.3) is 0 Å². The normalized spacial score (nSPS) is 16.4. The Morgan fingerprint density at radius 3 is 1.35 bits per heavy atom. The van der Waals surface area contributed by atoms with Crippen molar-refractivity contribution < 1.29 is 77.2 Å². The van der Waals surface area contributed by atoms with Crippen molar-refractivity contribution in [3.05, 3.63) is 71.8 Å². The van der Waals surface area contributed by atoms with E-state index < -0.39 is 168 Å². The first-order valence-corrected chi connectivity index (χ1v) is 37.4. The van der Waals surface area contributed by atoms with Gasteiger partial charge in [-0.3, -0.25) is 52.8 Å². The van der Waals surface area contributed by atoms with Crippen molar-refractivity contribution in [2.45, 2.75) is 248 Å². The van der Waals surface area contributed by atoms with Gasteiger partial charge in [0, 0.05) is 48.2 Å². The van der Waals surface area contributed by atoms with Crippen molar-refractivity contribution in [2.75, 3.05) is 56.0 Å². The average Bonchev–Trinajstić information content (AvgIpc) is 1.45. The third kappa shape index (κ3) is 24.5. The van der Waals surface area contributed by atoms with Crippen molar-refractivity contribution in [2.24, 2.45) is 41.4 Å².